The largest absolute Gasteiger partial charge is 0.465 e. The molecule has 5 N–H and O–H groups in total. The third-order valence-corrected chi connectivity index (χ3v) is 15.0. The van der Waals surface area contributed by atoms with Gasteiger partial charge in [0.05, 0.1) is 55.0 Å². The first-order valence-electron chi connectivity index (χ1n) is 24.7. The minimum atomic E-state index is -1.21. The van der Waals surface area contributed by atoms with Crippen molar-refractivity contribution in [3.63, 3.8) is 0 Å². The second-order valence-corrected chi connectivity index (χ2v) is 20.1. The molecule has 9 rings (SSSR count). The number of benzene rings is 3. The first kappa shape index (κ1) is 47.8. The van der Waals surface area contributed by atoms with Crippen LogP contribution in [0.15, 0.2) is 73.1 Å². The van der Waals surface area contributed by atoms with Crippen LogP contribution in [0.5, 0.6) is 0 Å². The number of carbonyl (C=O) groups excluding carboxylic acids is 3. The summed E-state index contributed by atoms with van der Waals surface area (Å²) in [5.74, 6) is 0.810. The fourth-order valence-corrected chi connectivity index (χ4v) is 11.8. The van der Waals surface area contributed by atoms with Gasteiger partial charge in [-0.2, -0.15) is 0 Å². The normalized spacial score (nSPS) is 28.0. The molecular weight excluding hydrogens is 877 g/mol. The minimum Gasteiger partial charge on any atom is -0.465 e. The fraction of sp³-hybridized carbons (Fsp3) is 0.509. The van der Waals surface area contributed by atoms with Gasteiger partial charge in [-0.05, 0) is 139 Å². The van der Waals surface area contributed by atoms with E-state index in [1.165, 1.54) is 7.11 Å². The number of hydrogen-bond donors (Lipinski definition) is 5. The second kappa shape index (κ2) is 20.0. The van der Waals surface area contributed by atoms with E-state index >= 15 is 0 Å². The molecule has 0 radical (unpaired) electrons. The van der Waals surface area contributed by atoms with Crippen molar-refractivity contribution in [3.8, 4) is 33.6 Å². The van der Waals surface area contributed by atoms with Crippen molar-refractivity contribution in [2.75, 3.05) is 7.11 Å². The van der Waals surface area contributed by atoms with Crippen molar-refractivity contribution in [2.45, 2.75) is 154 Å². The number of hydrogen-bond acceptors (Lipinski definition) is 9. The van der Waals surface area contributed by atoms with E-state index in [1.807, 2.05) is 56.8 Å². The number of carbonyl (C=O) groups is 4. The highest BCUT2D eigenvalue weighted by atomic mass is 16.5. The van der Waals surface area contributed by atoms with Crippen molar-refractivity contribution < 1.29 is 38.5 Å². The summed E-state index contributed by atoms with van der Waals surface area (Å²) in [6.07, 6.45) is 7.38. The lowest BCUT2D eigenvalue weighted by atomic mass is 9.85. The van der Waals surface area contributed by atoms with E-state index in [0.717, 1.165) is 75.9 Å². The van der Waals surface area contributed by atoms with Crippen molar-refractivity contribution >= 4 is 34.8 Å². The molecule has 5 aromatic rings. The number of ether oxygens (including phenoxy) is 3. The number of likely N-dealkylation sites (tertiary alicyclic amines) is 2. The van der Waals surface area contributed by atoms with E-state index in [2.05, 4.69) is 88.2 Å². The molecule has 69 heavy (non-hydrogen) atoms. The number of rotatable bonds is 11. The molecule has 0 saturated carbocycles. The molecule has 4 saturated heterocycles. The standard InChI is InChI=1S/C53H66N8O8/c1-28-8-18-44(60(28)50(62)46(58-52(64)65)40-20-30(3)68-31(4)21-40)48-54-26-42(56-48)35-12-10-34(11-13-35)36-14-15-38-25-39(17-16-37(38)24-36)43-27-55-49(57-43)45-19-9-29(2)61(45)51(63)47(59-53(66)67-7)41-22-32(5)69-33(6)23-41/h10-17,24-33,40-41,44-47,58H,8-9,18-23H2,1-7H3,(H,54,56)(H,55,57)(H,59,66)(H,64,65)/t28-,29-,30-,31+,32-,33+,40+,41+,44-,45-,46?,47?/m0/s1. The van der Waals surface area contributed by atoms with Gasteiger partial charge in [-0.15, -0.1) is 0 Å². The Labute approximate surface area is 403 Å². The molecule has 2 aromatic heterocycles. The Balaban J connectivity index is 0.878. The van der Waals surface area contributed by atoms with Crippen LogP contribution in [0.2, 0.25) is 0 Å². The zero-order valence-corrected chi connectivity index (χ0v) is 40.6. The van der Waals surface area contributed by atoms with Crippen LogP contribution in [-0.2, 0) is 23.8 Å². The molecule has 0 aliphatic carbocycles. The van der Waals surface area contributed by atoms with Gasteiger partial charge >= 0.3 is 12.2 Å². The number of H-pyrrole nitrogens is 2. The number of fused-ring (bicyclic) bond motifs is 1. The number of imidazole rings is 2. The monoisotopic (exact) mass is 943 g/mol. The molecule has 366 valence electrons. The maximum absolute atomic E-state index is 14.5. The summed E-state index contributed by atoms with van der Waals surface area (Å²) in [5.41, 5.74) is 5.58. The lowest BCUT2D eigenvalue weighted by Crippen LogP contribution is -2.55. The third-order valence-electron chi connectivity index (χ3n) is 15.0. The van der Waals surface area contributed by atoms with E-state index in [1.54, 1.807) is 0 Å². The Kier molecular flexibility index (Phi) is 13.8. The van der Waals surface area contributed by atoms with Gasteiger partial charge in [-0.25, -0.2) is 19.6 Å². The summed E-state index contributed by atoms with van der Waals surface area (Å²) in [7, 11) is 1.32. The molecule has 4 fully saturated rings. The number of amides is 4. The molecule has 4 amide bonds. The van der Waals surface area contributed by atoms with Crippen LogP contribution >= 0.6 is 0 Å². The molecule has 16 heteroatoms. The lowest BCUT2D eigenvalue weighted by molar-refractivity contribution is -0.141. The van der Waals surface area contributed by atoms with Crippen LogP contribution < -0.4 is 10.6 Å². The number of methoxy groups -OCH3 is 1. The maximum Gasteiger partial charge on any atom is 0.407 e. The topological polar surface area (TPSA) is 204 Å². The molecule has 6 heterocycles. The number of carboxylic acid groups (broad SMARTS) is 1. The molecule has 0 bridgehead atoms. The quantitative estimate of drug-likeness (QED) is 0.0850. The summed E-state index contributed by atoms with van der Waals surface area (Å²) in [4.78, 5) is 73.8. The van der Waals surface area contributed by atoms with Crippen molar-refractivity contribution in [1.82, 2.24) is 40.4 Å². The average molecular weight is 943 g/mol. The van der Waals surface area contributed by atoms with Gasteiger partial charge in [0.1, 0.15) is 23.7 Å². The van der Waals surface area contributed by atoms with Gasteiger partial charge in [0.2, 0.25) is 11.8 Å². The average Bonchev–Trinajstić information content (AvgIpc) is 4.16. The van der Waals surface area contributed by atoms with E-state index in [4.69, 9.17) is 24.2 Å². The number of nitrogens with zero attached hydrogens (tertiary/aromatic N) is 4. The lowest BCUT2D eigenvalue weighted by Gasteiger charge is -2.39. The van der Waals surface area contributed by atoms with Crippen LogP contribution in [-0.4, -0.2) is 115 Å². The molecule has 12 atom stereocenters. The Morgan fingerprint density at radius 3 is 1.51 bits per heavy atom. The number of alkyl carbamates (subject to hydrolysis) is 1. The third kappa shape index (κ3) is 10.1. The summed E-state index contributed by atoms with van der Waals surface area (Å²) < 4.78 is 16.8. The predicted molar refractivity (Wildman–Crippen MR) is 261 cm³/mol. The smallest absolute Gasteiger partial charge is 0.407 e. The highest BCUT2D eigenvalue weighted by Gasteiger charge is 2.46. The van der Waals surface area contributed by atoms with Crippen LogP contribution in [0, 0.1) is 11.8 Å². The summed E-state index contributed by atoms with van der Waals surface area (Å²) in [6.45, 7) is 12.0. The van der Waals surface area contributed by atoms with E-state index in [0.29, 0.717) is 31.5 Å². The summed E-state index contributed by atoms with van der Waals surface area (Å²) in [6, 6.07) is 18.8. The number of nitrogens with one attached hydrogen (secondary N) is 4. The Bertz CT molecular complexity index is 2650. The van der Waals surface area contributed by atoms with Crippen LogP contribution in [0.3, 0.4) is 0 Å². The molecular formula is C53H66N8O8. The van der Waals surface area contributed by atoms with E-state index < -0.39 is 24.3 Å². The van der Waals surface area contributed by atoms with Gasteiger partial charge in [0.15, 0.2) is 0 Å². The molecule has 4 aliphatic rings. The maximum atomic E-state index is 14.5. The molecule has 0 spiro atoms. The Morgan fingerprint density at radius 2 is 1.03 bits per heavy atom. The highest BCUT2D eigenvalue weighted by molar-refractivity contribution is 5.91. The number of aromatic amines is 2. The predicted octanol–water partition coefficient (Wildman–Crippen LogP) is 9.16. The second-order valence-electron chi connectivity index (χ2n) is 20.1. The Morgan fingerprint density at radius 1 is 0.609 bits per heavy atom. The summed E-state index contributed by atoms with van der Waals surface area (Å²) in [5, 5.41) is 17.4. The molecule has 16 nitrogen and oxygen atoms in total. The SMILES string of the molecule is COC(=O)NC(C(=O)N1[C@@H](C)CC[C@H]1c1nc(-c2ccc3cc(-c4ccc(-c5c[nH]c([C@@H]6CC[C@H](C)N6C(=O)C(NC(=O)O)[C@H]6C[C@@H](C)O[C@@H](C)C6)n5)cc4)ccc3c2)c[nH]1)[C@H]1C[C@@H](C)O[C@@H](C)C1. The van der Waals surface area contributed by atoms with Crippen LogP contribution in [0.4, 0.5) is 9.59 Å². The van der Waals surface area contributed by atoms with Crippen LogP contribution in [0.1, 0.15) is 117 Å². The van der Waals surface area contributed by atoms with Crippen molar-refractivity contribution in [1.29, 1.82) is 0 Å². The first-order chi connectivity index (χ1) is 33.1. The number of aromatic nitrogens is 4. The van der Waals surface area contributed by atoms with Crippen molar-refractivity contribution in [2.24, 2.45) is 11.8 Å². The minimum absolute atomic E-state index is 0.0267. The molecule has 3 aromatic carbocycles. The van der Waals surface area contributed by atoms with Gasteiger partial charge in [0, 0.05) is 35.6 Å². The molecule has 4 aliphatic heterocycles. The van der Waals surface area contributed by atoms with E-state index in [9.17, 15) is 24.3 Å². The van der Waals surface area contributed by atoms with E-state index in [-0.39, 0.29) is 72.2 Å². The summed E-state index contributed by atoms with van der Waals surface area (Å²) >= 11 is 0. The van der Waals surface area contributed by atoms with Gasteiger partial charge in [0.25, 0.3) is 0 Å². The van der Waals surface area contributed by atoms with Gasteiger partial charge < -0.3 is 49.7 Å². The highest BCUT2D eigenvalue weighted by Crippen LogP contribution is 2.41. The first-order valence-corrected chi connectivity index (χ1v) is 24.7. The zero-order chi connectivity index (χ0) is 48.7. The zero-order valence-electron chi connectivity index (χ0n) is 40.6. The Hall–Kier alpha value is -6.26. The van der Waals surface area contributed by atoms with Crippen LogP contribution in [0.25, 0.3) is 44.4 Å². The fourth-order valence-electron chi connectivity index (χ4n) is 11.8. The van der Waals surface area contributed by atoms with Crippen molar-refractivity contribution in [3.05, 3.63) is 84.7 Å². The molecule has 2 unspecified atom stereocenters. The van der Waals surface area contributed by atoms with Gasteiger partial charge in [-0.1, -0.05) is 48.5 Å². The van der Waals surface area contributed by atoms with Gasteiger partial charge in [-0.3, -0.25) is 9.59 Å².